The van der Waals surface area contributed by atoms with Gasteiger partial charge in [0.25, 0.3) is 0 Å². The van der Waals surface area contributed by atoms with Crippen LogP contribution in [0.2, 0.25) is 5.02 Å². The first-order chi connectivity index (χ1) is 11.5. The second kappa shape index (κ2) is 6.53. The summed E-state index contributed by atoms with van der Waals surface area (Å²) in [7, 11) is 0. The molecule has 0 spiro atoms. The summed E-state index contributed by atoms with van der Waals surface area (Å²) in [6.07, 6.45) is -0.239. The lowest BCUT2D eigenvalue weighted by Gasteiger charge is -2.11. The number of H-pyrrole nitrogens is 1. The lowest BCUT2D eigenvalue weighted by Crippen LogP contribution is -2.02. The van der Waals surface area contributed by atoms with E-state index in [4.69, 9.17) is 16.3 Å². The smallest absolute Gasteiger partial charge is 0.307 e. The molecule has 0 bridgehead atoms. The van der Waals surface area contributed by atoms with Crippen molar-refractivity contribution in [1.82, 2.24) is 4.98 Å². The van der Waals surface area contributed by atoms with Crippen LogP contribution in [0.4, 0.5) is 4.39 Å². The molecule has 0 saturated heterocycles. The number of hydrogen-bond acceptors (Lipinski definition) is 2. The SMILES string of the molecule is CCOc1ccc(Cl)cc1-c1[nH]c2ccc(F)cc2c1CC(=O)O. The van der Waals surface area contributed by atoms with Gasteiger partial charge in [-0.05, 0) is 48.9 Å². The zero-order valence-corrected chi connectivity index (χ0v) is 13.7. The second-order valence-corrected chi connectivity index (χ2v) is 5.75. The Balaban J connectivity index is 2.29. The van der Waals surface area contributed by atoms with E-state index in [9.17, 15) is 14.3 Å². The topological polar surface area (TPSA) is 62.3 Å². The van der Waals surface area contributed by atoms with Gasteiger partial charge in [0.15, 0.2) is 0 Å². The van der Waals surface area contributed by atoms with Crippen molar-refractivity contribution in [3.8, 4) is 17.0 Å². The molecule has 0 aliphatic rings. The average Bonchev–Trinajstić information content (AvgIpc) is 2.87. The molecule has 0 radical (unpaired) electrons. The van der Waals surface area contributed by atoms with Gasteiger partial charge in [0.1, 0.15) is 11.6 Å². The van der Waals surface area contributed by atoms with Crippen molar-refractivity contribution in [3.05, 3.63) is 52.8 Å². The van der Waals surface area contributed by atoms with Gasteiger partial charge in [-0.15, -0.1) is 0 Å². The summed E-state index contributed by atoms with van der Waals surface area (Å²) >= 11 is 6.10. The number of carboxylic acids is 1. The van der Waals surface area contributed by atoms with Crippen LogP contribution in [0.5, 0.6) is 5.75 Å². The van der Waals surface area contributed by atoms with Gasteiger partial charge in [-0.1, -0.05) is 11.6 Å². The zero-order chi connectivity index (χ0) is 17.3. The molecule has 6 heteroatoms. The third-order valence-corrected chi connectivity index (χ3v) is 3.94. The normalized spacial score (nSPS) is 11.0. The molecule has 0 aliphatic carbocycles. The molecular formula is C18H15ClFNO3. The number of aliphatic carboxylic acids is 1. The highest BCUT2D eigenvalue weighted by molar-refractivity contribution is 6.31. The van der Waals surface area contributed by atoms with Gasteiger partial charge in [0, 0.05) is 21.5 Å². The zero-order valence-electron chi connectivity index (χ0n) is 12.9. The van der Waals surface area contributed by atoms with Crippen molar-refractivity contribution in [2.24, 2.45) is 0 Å². The van der Waals surface area contributed by atoms with Crippen LogP contribution in [-0.4, -0.2) is 22.7 Å². The Kier molecular flexibility index (Phi) is 4.44. The third-order valence-electron chi connectivity index (χ3n) is 3.71. The maximum absolute atomic E-state index is 13.6. The summed E-state index contributed by atoms with van der Waals surface area (Å²) in [4.78, 5) is 14.5. The number of aromatic nitrogens is 1. The highest BCUT2D eigenvalue weighted by Gasteiger charge is 2.19. The molecule has 1 heterocycles. The molecular weight excluding hydrogens is 333 g/mol. The number of rotatable bonds is 5. The van der Waals surface area contributed by atoms with Gasteiger partial charge >= 0.3 is 5.97 Å². The Labute approximate surface area is 142 Å². The monoisotopic (exact) mass is 347 g/mol. The number of carboxylic acid groups (broad SMARTS) is 1. The van der Waals surface area contributed by atoms with Crippen molar-refractivity contribution in [2.75, 3.05) is 6.61 Å². The average molecular weight is 348 g/mol. The van der Waals surface area contributed by atoms with Gasteiger partial charge in [0.2, 0.25) is 0 Å². The number of nitrogens with one attached hydrogen (secondary N) is 1. The molecule has 3 rings (SSSR count). The summed E-state index contributed by atoms with van der Waals surface area (Å²) in [5, 5.41) is 10.3. The molecule has 0 saturated carbocycles. The quantitative estimate of drug-likeness (QED) is 0.706. The van der Waals surface area contributed by atoms with Gasteiger partial charge < -0.3 is 14.8 Å². The summed E-state index contributed by atoms with van der Waals surface area (Å²) in [5.41, 5.74) is 2.38. The van der Waals surface area contributed by atoms with Crippen LogP contribution >= 0.6 is 11.6 Å². The van der Waals surface area contributed by atoms with Crippen molar-refractivity contribution in [2.45, 2.75) is 13.3 Å². The fraction of sp³-hybridized carbons (Fsp3) is 0.167. The lowest BCUT2D eigenvalue weighted by molar-refractivity contribution is -0.136. The minimum Gasteiger partial charge on any atom is -0.493 e. The van der Waals surface area contributed by atoms with E-state index in [0.717, 1.165) is 0 Å². The van der Waals surface area contributed by atoms with Crippen molar-refractivity contribution < 1.29 is 19.0 Å². The number of hydrogen-bond donors (Lipinski definition) is 2. The van der Waals surface area contributed by atoms with Crippen molar-refractivity contribution in [3.63, 3.8) is 0 Å². The number of ether oxygens (including phenoxy) is 1. The maximum atomic E-state index is 13.6. The molecule has 24 heavy (non-hydrogen) atoms. The van der Waals surface area contributed by atoms with Crippen LogP contribution in [0.3, 0.4) is 0 Å². The third kappa shape index (κ3) is 3.08. The molecule has 0 unspecified atom stereocenters. The molecule has 0 aliphatic heterocycles. The molecule has 0 atom stereocenters. The molecule has 0 fully saturated rings. The Bertz CT molecular complexity index is 920. The fourth-order valence-corrected chi connectivity index (χ4v) is 2.94. The summed E-state index contributed by atoms with van der Waals surface area (Å²) in [6, 6.07) is 9.39. The van der Waals surface area contributed by atoms with E-state index in [1.165, 1.54) is 12.1 Å². The standard InChI is InChI=1S/C18H15ClFNO3/c1-2-24-16-6-3-10(19)7-14(16)18-13(9-17(22)23)12-8-11(20)4-5-15(12)21-18/h3-8,21H,2,9H2,1H3,(H,22,23). The first kappa shape index (κ1) is 16.3. The van der Waals surface area contributed by atoms with Crippen LogP contribution in [0.15, 0.2) is 36.4 Å². The summed E-state index contributed by atoms with van der Waals surface area (Å²) in [6.45, 7) is 2.31. The minimum absolute atomic E-state index is 0.239. The Morgan fingerprint density at radius 1 is 1.29 bits per heavy atom. The Morgan fingerprint density at radius 2 is 2.08 bits per heavy atom. The van der Waals surface area contributed by atoms with E-state index in [2.05, 4.69) is 4.98 Å². The molecule has 1 aromatic heterocycles. The molecule has 4 nitrogen and oxygen atoms in total. The first-order valence-electron chi connectivity index (χ1n) is 7.44. The number of fused-ring (bicyclic) bond motifs is 1. The first-order valence-corrected chi connectivity index (χ1v) is 7.82. The number of carbonyl (C=O) groups is 1. The van der Waals surface area contributed by atoms with Gasteiger partial charge in [0.05, 0.1) is 18.7 Å². The van der Waals surface area contributed by atoms with E-state index < -0.39 is 11.8 Å². The van der Waals surface area contributed by atoms with Gasteiger partial charge in [-0.3, -0.25) is 4.79 Å². The van der Waals surface area contributed by atoms with Crippen LogP contribution in [-0.2, 0) is 11.2 Å². The maximum Gasteiger partial charge on any atom is 0.307 e. The molecule has 2 N–H and O–H groups in total. The van der Waals surface area contributed by atoms with Crippen molar-refractivity contribution >= 4 is 28.5 Å². The molecule has 3 aromatic rings. The van der Waals surface area contributed by atoms with Crippen LogP contribution in [0, 0.1) is 5.82 Å². The predicted molar refractivity (Wildman–Crippen MR) is 91.2 cm³/mol. The number of halogens is 2. The van der Waals surface area contributed by atoms with E-state index >= 15 is 0 Å². The van der Waals surface area contributed by atoms with Crippen LogP contribution in [0.25, 0.3) is 22.2 Å². The molecule has 2 aromatic carbocycles. The largest absolute Gasteiger partial charge is 0.493 e. The van der Waals surface area contributed by atoms with Gasteiger partial charge in [-0.2, -0.15) is 0 Å². The van der Waals surface area contributed by atoms with Crippen LogP contribution < -0.4 is 4.74 Å². The molecule has 124 valence electrons. The lowest BCUT2D eigenvalue weighted by atomic mass is 10.0. The predicted octanol–water partition coefficient (Wildman–Crippen LogP) is 4.65. The highest BCUT2D eigenvalue weighted by atomic mass is 35.5. The van der Waals surface area contributed by atoms with E-state index in [1.54, 1.807) is 24.3 Å². The minimum atomic E-state index is -0.999. The Morgan fingerprint density at radius 3 is 2.79 bits per heavy atom. The highest BCUT2D eigenvalue weighted by Crippen LogP contribution is 2.38. The summed E-state index contributed by atoms with van der Waals surface area (Å²) < 4.78 is 19.2. The Hall–Kier alpha value is -2.53. The second-order valence-electron chi connectivity index (χ2n) is 5.31. The number of benzene rings is 2. The number of aromatic amines is 1. The van der Waals surface area contributed by atoms with E-state index in [0.29, 0.717) is 45.1 Å². The van der Waals surface area contributed by atoms with E-state index in [1.807, 2.05) is 6.92 Å². The summed E-state index contributed by atoms with van der Waals surface area (Å²) in [5.74, 6) is -0.835. The van der Waals surface area contributed by atoms with Gasteiger partial charge in [-0.25, -0.2) is 4.39 Å². The van der Waals surface area contributed by atoms with E-state index in [-0.39, 0.29) is 6.42 Å². The van der Waals surface area contributed by atoms with Crippen molar-refractivity contribution in [1.29, 1.82) is 0 Å². The molecule has 0 amide bonds. The fourth-order valence-electron chi connectivity index (χ4n) is 2.76. The van der Waals surface area contributed by atoms with Crippen LogP contribution in [0.1, 0.15) is 12.5 Å².